The molecule has 2 aromatic heterocycles. The van der Waals surface area contributed by atoms with Crippen molar-refractivity contribution in [1.82, 2.24) is 19.4 Å². The van der Waals surface area contributed by atoms with Gasteiger partial charge in [-0.1, -0.05) is 6.07 Å². The van der Waals surface area contributed by atoms with E-state index >= 15 is 0 Å². The van der Waals surface area contributed by atoms with Gasteiger partial charge in [-0.25, -0.2) is 4.98 Å². The molecule has 0 saturated carbocycles. The van der Waals surface area contributed by atoms with E-state index in [1.165, 1.54) is 0 Å². The Kier molecular flexibility index (Phi) is 3.18. The SMILES string of the molecule is CN(C)C(=O)Cn1ccnc1-c1ccccn1. The van der Waals surface area contributed by atoms with Crippen LogP contribution in [0.2, 0.25) is 0 Å². The number of amides is 1. The van der Waals surface area contributed by atoms with E-state index in [-0.39, 0.29) is 12.5 Å². The summed E-state index contributed by atoms with van der Waals surface area (Å²) in [5, 5.41) is 0. The summed E-state index contributed by atoms with van der Waals surface area (Å²) in [4.78, 5) is 21.7. The summed E-state index contributed by atoms with van der Waals surface area (Å²) in [6.45, 7) is 0.277. The second-order valence-corrected chi connectivity index (χ2v) is 3.88. The zero-order chi connectivity index (χ0) is 12.3. The minimum absolute atomic E-state index is 0.0279. The topological polar surface area (TPSA) is 51.0 Å². The lowest BCUT2D eigenvalue weighted by Crippen LogP contribution is -2.26. The molecule has 0 aliphatic rings. The van der Waals surface area contributed by atoms with Crippen molar-refractivity contribution >= 4 is 5.91 Å². The van der Waals surface area contributed by atoms with Gasteiger partial charge in [-0.15, -0.1) is 0 Å². The highest BCUT2D eigenvalue weighted by Crippen LogP contribution is 2.13. The molecule has 0 N–H and O–H groups in total. The van der Waals surface area contributed by atoms with Crippen molar-refractivity contribution in [2.45, 2.75) is 6.54 Å². The van der Waals surface area contributed by atoms with Crippen molar-refractivity contribution in [1.29, 1.82) is 0 Å². The zero-order valence-corrected chi connectivity index (χ0v) is 9.87. The lowest BCUT2D eigenvalue weighted by Gasteiger charge is -2.12. The summed E-state index contributed by atoms with van der Waals surface area (Å²) < 4.78 is 1.80. The van der Waals surface area contributed by atoms with Crippen LogP contribution in [0.15, 0.2) is 36.8 Å². The molecular weight excluding hydrogens is 216 g/mol. The van der Waals surface area contributed by atoms with Crippen molar-refractivity contribution in [2.24, 2.45) is 0 Å². The maximum atomic E-state index is 11.7. The molecule has 2 heterocycles. The lowest BCUT2D eigenvalue weighted by atomic mass is 10.3. The number of carbonyl (C=O) groups excluding carboxylic acids is 1. The third-order valence-electron chi connectivity index (χ3n) is 2.41. The van der Waals surface area contributed by atoms with Gasteiger partial charge in [0.15, 0.2) is 5.82 Å². The van der Waals surface area contributed by atoms with E-state index in [1.54, 1.807) is 42.2 Å². The maximum absolute atomic E-state index is 11.7. The summed E-state index contributed by atoms with van der Waals surface area (Å²) in [5.41, 5.74) is 0.768. The molecule has 0 aliphatic heterocycles. The van der Waals surface area contributed by atoms with Gasteiger partial charge >= 0.3 is 0 Å². The second-order valence-electron chi connectivity index (χ2n) is 3.88. The fourth-order valence-corrected chi connectivity index (χ4v) is 1.45. The van der Waals surface area contributed by atoms with Crippen molar-refractivity contribution < 1.29 is 4.79 Å². The molecule has 0 unspecified atom stereocenters. The molecule has 0 radical (unpaired) electrons. The molecule has 0 aliphatic carbocycles. The average Bonchev–Trinajstić information content (AvgIpc) is 2.78. The Bertz CT molecular complexity index is 504. The fourth-order valence-electron chi connectivity index (χ4n) is 1.45. The predicted molar refractivity (Wildman–Crippen MR) is 64.2 cm³/mol. The minimum atomic E-state index is 0.0279. The summed E-state index contributed by atoms with van der Waals surface area (Å²) in [5.74, 6) is 0.737. The van der Waals surface area contributed by atoms with Crippen LogP contribution in [0.3, 0.4) is 0 Å². The third-order valence-corrected chi connectivity index (χ3v) is 2.41. The van der Waals surface area contributed by atoms with E-state index in [9.17, 15) is 4.79 Å². The summed E-state index contributed by atoms with van der Waals surface area (Å²) in [6, 6.07) is 5.62. The van der Waals surface area contributed by atoms with E-state index in [2.05, 4.69) is 9.97 Å². The van der Waals surface area contributed by atoms with E-state index in [4.69, 9.17) is 0 Å². The molecule has 17 heavy (non-hydrogen) atoms. The predicted octanol–water partition coefficient (Wildman–Crippen LogP) is 1.03. The number of aromatic nitrogens is 3. The van der Waals surface area contributed by atoms with Gasteiger partial charge in [0.25, 0.3) is 0 Å². The molecule has 0 bridgehead atoms. The number of hydrogen-bond donors (Lipinski definition) is 0. The van der Waals surface area contributed by atoms with E-state index in [1.807, 2.05) is 18.2 Å². The Balaban J connectivity index is 2.27. The van der Waals surface area contributed by atoms with Gasteiger partial charge in [-0.05, 0) is 12.1 Å². The highest BCUT2D eigenvalue weighted by molar-refractivity contribution is 5.76. The van der Waals surface area contributed by atoms with Gasteiger partial charge in [0, 0.05) is 32.7 Å². The lowest BCUT2D eigenvalue weighted by molar-refractivity contribution is -0.129. The quantitative estimate of drug-likeness (QED) is 0.791. The molecular formula is C12H14N4O. The summed E-state index contributed by atoms with van der Waals surface area (Å²) >= 11 is 0. The van der Waals surface area contributed by atoms with Crippen molar-refractivity contribution in [2.75, 3.05) is 14.1 Å². The van der Waals surface area contributed by atoms with Crippen molar-refractivity contribution in [3.63, 3.8) is 0 Å². The first-order chi connectivity index (χ1) is 8.18. The fraction of sp³-hybridized carbons (Fsp3) is 0.250. The number of pyridine rings is 1. The molecule has 5 heteroatoms. The first-order valence-corrected chi connectivity index (χ1v) is 5.31. The monoisotopic (exact) mass is 230 g/mol. The molecule has 0 spiro atoms. The van der Waals surface area contributed by atoms with Crippen LogP contribution in [-0.2, 0) is 11.3 Å². The zero-order valence-electron chi connectivity index (χ0n) is 9.87. The molecule has 1 amide bonds. The molecule has 0 atom stereocenters. The maximum Gasteiger partial charge on any atom is 0.242 e. The molecule has 2 rings (SSSR count). The first kappa shape index (κ1) is 11.3. The Hall–Kier alpha value is -2.17. The number of imidazole rings is 1. The highest BCUT2D eigenvalue weighted by Gasteiger charge is 2.11. The molecule has 0 fully saturated rings. The van der Waals surface area contributed by atoms with Crippen LogP contribution in [-0.4, -0.2) is 39.4 Å². The molecule has 0 aromatic carbocycles. The molecule has 88 valence electrons. The van der Waals surface area contributed by atoms with Gasteiger partial charge in [0.2, 0.25) is 5.91 Å². The Morgan fingerprint density at radius 1 is 1.29 bits per heavy atom. The number of hydrogen-bond acceptors (Lipinski definition) is 3. The number of carbonyl (C=O) groups is 1. The normalized spacial score (nSPS) is 10.2. The van der Waals surface area contributed by atoms with Crippen LogP contribution >= 0.6 is 0 Å². The van der Waals surface area contributed by atoms with Crippen LogP contribution in [0.1, 0.15) is 0 Å². The number of nitrogens with zero attached hydrogens (tertiary/aromatic N) is 4. The van der Waals surface area contributed by atoms with Crippen LogP contribution in [0.25, 0.3) is 11.5 Å². The van der Waals surface area contributed by atoms with Crippen LogP contribution in [0, 0.1) is 0 Å². The van der Waals surface area contributed by atoms with Gasteiger partial charge in [0.1, 0.15) is 12.2 Å². The van der Waals surface area contributed by atoms with Crippen LogP contribution in [0.4, 0.5) is 0 Å². The van der Waals surface area contributed by atoms with Crippen LogP contribution in [0.5, 0.6) is 0 Å². The number of likely N-dealkylation sites (N-methyl/N-ethyl adjacent to an activating group) is 1. The average molecular weight is 230 g/mol. The third kappa shape index (κ3) is 2.50. The van der Waals surface area contributed by atoms with E-state index in [0.717, 1.165) is 5.69 Å². The van der Waals surface area contributed by atoms with E-state index in [0.29, 0.717) is 5.82 Å². The van der Waals surface area contributed by atoms with Gasteiger partial charge in [0.05, 0.1) is 0 Å². The second kappa shape index (κ2) is 4.78. The van der Waals surface area contributed by atoms with Gasteiger partial charge < -0.3 is 9.47 Å². The van der Waals surface area contributed by atoms with Gasteiger partial charge in [-0.2, -0.15) is 0 Å². The largest absolute Gasteiger partial charge is 0.347 e. The number of rotatable bonds is 3. The van der Waals surface area contributed by atoms with Gasteiger partial charge in [-0.3, -0.25) is 9.78 Å². The summed E-state index contributed by atoms with van der Waals surface area (Å²) in [7, 11) is 3.47. The Labute approximate surface area is 99.7 Å². The van der Waals surface area contributed by atoms with Crippen molar-refractivity contribution in [3.8, 4) is 11.5 Å². The smallest absolute Gasteiger partial charge is 0.242 e. The summed E-state index contributed by atoms with van der Waals surface area (Å²) in [6.07, 6.45) is 5.17. The minimum Gasteiger partial charge on any atom is -0.347 e. The first-order valence-electron chi connectivity index (χ1n) is 5.31. The highest BCUT2D eigenvalue weighted by atomic mass is 16.2. The van der Waals surface area contributed by atoms with E-state index < -0.39 is 0 Å². The standard InChI is InChI=1S/C12H14N4O/c1-15(2)11(17)9-16-8-7-14-12(16)10-5-3-4-6-13-10/h3-8H,9H2,1-2H3. The molecule has 5 nitrogen and oxygen atoms in total. The van der Waals surface area contributed by atoms with Crippen molar-refractivity contribution in [3.05, 3.63) is 36.8 Å². The Morgan fingerprint density at radius 3 is 2.76 bits per heavy atom. The Morgan fingerprint density at radius 2 is 2.12 bits per heavy atom. The molecule has 0 saturated heterocycles. The molecule has 2 aromatic rings. The van der Waals surface area contributed by atoms with Crippen LogP contribution < -0.4 is 0 Å².